The van der Waals surface area contributed by atoms with Gasteiger partial charge < -0.3 is 68.6 Å². The summed E-state index contributed by atoms with van der Waals surface area (Å²) in [6.07, 6.45) is -7.10. The number of ether oxygens (including phenoxy) is 10. The van der Waals surface area contributed by atoms with Crippen molar-refractivity contribution in [3.63, 3.8) is 0 Å². The molecule has 4 rings (SSSR count). The molecule has 4 aliphatic rings. The fraction of sp³-hybridized carbons (Fsp3) is 0.857. The third kappa shape index (κ3) is 11.0. The summed E-state index contributed by atoms with van der Waals surface area (Å²) >= 11 is 0. The van der Waals surface area contributed by atoms with Crippen molar-refractivity contribution >= 4 is 29.8 Å². The molecule has 0 aliphatic carbocycles. The molecule has 0 radical (unpaired) electrons. The van der Waals surface area contributed by atoms with E-state index in [1.807, 2.05) is 0 Å². The van der Waals surface area contributed by atoms with E-state index in [9.17, 15) is 24.0 Å². The lowest BCUT2D eigenvalue weighted by molar-refractivity contribution is -0.220. The van der Waals surface area contributed by atoms with Crippen molar-refractivity contribution in [1.82, 2.24) is 21.3 Å². The lowest BCUT2D eigenvalue weighted by Crippen LogP contribution is -2.57. The standard InChI is InChI=1S/C35H58N4O15/c1-16(28(42)38-18(13-14-21(41)45-10)22-24(46-11)26-30(48-22)52-34(6,7)50-26)36-20(40)15-19(39-29(43)17(2)37-32(44)54-33(3,4)5)23-25(47-12)27-31(49-23)53-35(8,9)51-27/h16-19,22-27,30-31H,13-15H2,1-12H3,(H,36,40)(H,37,44)(H,38,42)(H,39,43)/t16-,17-,18-,19-,22+,23+,24-,25-,26+,27+,30+,31+/m0/s1. The topological polar surface area (TPSA) is 226 Å². The van der Waals surface area contributed by atoms with E-state index in [0.717, 1.165) is 0 Å². The summed E-state index contributed by atoms with van der Waals surface area (Å²) in [5, 5.41) is 10.8. The van der Waals surface area contributed by atoms with Gasteiger partial charge in [-0.05, 0) is 68.7 Å². The molecule has 0 aromatic carbocycles. The van der Waals surface area contributed by atoms with Gasteiger partial charge in [-0.3, -0.25) is 19.2 Å². The van der Waals surface area contributed by atoms with E-state index in [-0.39, 0.29) is 19.3 Å². The van der Waals surface area contributed by atoms with Crippen LogP contribution >= 0.6 is 0 Å². The zero-order valence-electron chi connectivity index (χ0n) is 33.2. The molecule has 0 bridgehead atoms. The number of carbonyl (C=O) groups is 5. The molecular weight excluding hydrogens is 716 g/mol. The van der Waals surface area contributed by atoms with Crippen LogP contribution in [0.4, 0.5) is 4.79 Å². The number of methoxy groups -OCH3 is 3. The van der Waals surface area contributed by atoms with Gasteiger partial charge in [0, 0.05) is 27.1 Å². The van der Waals surface area contributed by atoms with Gasteiger partial charge in [0.05, 0.1) is 19.2 Å². The highest BCUT2D eigenvalue weighted by atomic mass is 16.9. The van der Waals surface area contributed by atoms with Crippen molar-refractivity contribution in [2.45, 2.75) is 172 Å². The molecule has 12 atom stereocenters. The van der Waals surface area contributed by atoms with E-state index < -0.39 is 120 Å². The number of alkyl carbamates (subject to hydrolysis) is 1. The van der Waals surface area contributed by atoms with Crippen LogP contribution in [0.15, 0.2) is 0 Å². The van der Waals surface area contributed by atoms with Gasteiger partial charge in [-0.15, -0.1) is 0 Å². The Morgan fingerprint density at radius 3 is 1.61 bits per heavy atom. The van der Waals surface area contributed by atoms with Gasteiger partial charge in [0.15, 0.2) is 24.2 Å². The summed E-state index contributed by atoms with van der Waals surface area (Å²) in [6, 6.07) is -3.97. The summed E-state index contributed by atoms with van der Waals surface area (Å²) in [5.41, 5.74) is -0.797. The zero-order valence-corrected chi connectivity index (χ0v) is 33.2. The second-order valence-corrected chi connectivity index (χ2v) is 15.7. The summed E-state index contributed by atoms with van der Waals surface area (Å²) in [5.74, 6) is -4.21. The summed E-state index contributed by atoms with van der Waals surface area (Å²) in [7, 11) is 4.19. The van der Waals surface area contributed by atoms with E-state index in [2.05, 4.69) is 21.3 Å². The van der Waals surface area contributed by atoms with Crippen LogP contribution in [-0.2, 0) is 66.5 Å². The van der Waals surface area contributed by atoms with Gasteiger partial charge in [-0.2, -0.15) is 0 Å². The van der Waals surface area contributed by atoms with Crippen molar-refractivity contribution in [3.8, 4) is 0 Å². The largest absolute Gasteiger partial charge is 0.469 e. The Hall–Kier alpha value is -3.17. The van der Waals surface area contributed by atoms with Gasteiger partial charge >= 0.3 is 12.1 Å². The van der Waals surface area contributed by atoms with Crippen molar-refractivity contribution in [2.75, 3.05) is 21.3 Å². The molecule has 0 aromatic heterocycles. The average molecular weight is 775 g/mol. The molecule has 308 valence electrons. The molecule has 54 heavy (non-hydrogen) atoms. The van der Waals surface area contributed by atoms with E-state index in [0.29, 0.717) is 0 Å². The highest BCUT2D eigenvalue weighted by Gasteiger charge is 2.58. The number of nitrogens with one attached hydrogen (secondary N) is 4. The third-order valence-electron chi connectivity index (χ3n) is 9.24. The molecule has 4 heterocycles. The molecule has 0 unspecified atom stereocenters. The lowest BCUT2D eigenvalue weighted by Gasteiger charge is -2.32. The molecule has 0 spiro atoms. The van der Waals surface area contributed by atoms with Crippen LogP contribution in [0.5, 0.6) is 0 Å². The SMILES string of the molecule is COC(=O)CC[C@H](NC(=O)[C@H](C)NC(=O)C[C@H](NC(=O)[C@H](C)NC(=O)OC(C)(C)C)[C@H]1O[C@@H]2OC(C)(C)O[C@@H]2[C@H]1OC)[C@H]1O[C@@H]2OC(C)(C)O[C@@H]2[C@H]1OC. The van der Waals surface area contributed by atoms with Crippen molar-refractivity contribution in [2.24, 2.45) is 0 Å². The van der Waals surface area contributed by atoms with Crippen LogP contribution in [0.2, 0.25) is 0 Å². The zero-order chi connectivity index (χ0) is 40.3. The van der Waals surface area contributed by atoms with E-state index >= 15 is 0 Å². The molecular formula is C35H58N4O15. The number of carbonyl (C=O) groups excluding carboxylic acids is 5. The smallest absolute Gasteiger partial charge is 0.408 e. The van der Waals surface area contributed by atoms with Crippen LogP contribution in [0.3, 0.4) is 0 Å². The summed E-state index contributed by atoms with van der Waals surface area (Å²) < 4.78 is 57.6. The summed E-state index contributed by atoms with van der Waals surface area (Å²) in [4.78, 5) is 65.1. The molecule has 19 heteroatoms. The van der Waals surface area contributed by atoms with Crippen LogP contribution in [-0.4, -0.2) is 142 Å². The first kappa shape index (κ1) is 43.6. The first-order valence-electron chi connectivity index (χ1n) is 18.1. The van der Waals surface area contributed by atoms with E-state index in [1.54, 1.807) is 48.5 Å². The Morgan fingerprint density at radius 2 is 1.15 bits per heavy atom. The Kier molecular flexibility index (Phi) is 14.0. The second kappa shape index (κ2) is 17.3. The quantitative estimate of drug-likeness (QED) is 0.166. The fourth-order valence-electron chi connectivity index (χ4n) is 6.87. The van der Waals surface area contributed by atoms with Crippen LogP contribution in [0.1, 0.15) is 81.6 Å². The molecule has 0 aromatic rings. The predicted molar refractivity (Wildman–Crippen MR) is 185 cm³/mol. The molecule has 19 nitrogen and oxygen atoms in total. The van der Waals surface area contributed by atoms with Gasteiger partial charge in [0.2, 0.25) is 17.7 Å². The van der Waals surface area contributed by atoms with Gasteiger partial charge in [0.1, 0.15) is 54.3 Å². The lowest BCUT2D eigenvalue weighted by atomic mass is 9.98. The maximum Gasteiger partial charge on any atom is 0.408 e. The van der Waals surface area contributed by atoms with Crippen LogP contribution in [0, 0.1) is 0 Å². The predicted octanol–water partition coefficient (Wildman–Crippen LogP) is 0.500. The Balaban J connectivity index is 1.46. The Morgan fingerprint density at radius 1 is 0.685 bits per heavy atom. The monoisotopic (exact) mass is 774 g/mol. The summed E-state index contributed by atoms with van der Waals surface area (Å²) in [6.45, 7) is 14.9. The first-order valence-corrected chi connectivity index (χ1v) is 18.1. The van der Waals surface area contributed by atoms with E-state index in [4.69, 9.17) is 47.4 Å². The Bertz CT molecular complexity index is 1370. The molecule has 4 N–H and O–H groups in total. The van der Waals surface area contributed by atoms with Gasteiger partial charge in [0.25, 0.3) is 0 Å². The third-order valence-corrected chi connectivity index (χ3v) is 9.24. The molecule has 4 aliphatic heterocycles. The first-order chi connectivity index (χ1) is 25.1. The maximum absolute atomic E-state index is 13.6. The second-order valence-electron chi connectivity index (χ2n) is 15.7. The fourth-order valence-corrected chi connectivity index (χ4v) is 6.87. The molecule has 4 amide bonds. The van der Waals surface area contributed by atoms with Crippen LogP contribution < -0.4 is 21.3 Å². The number of hydrogen-bond donors (Lipinski definition) is 4. The average Bonchev–Trinajstić information content (AvgIpc) is 3.74. The minimum atomic E-state index is -1.09. The molecule has 0 saturated carbocycles. The van der Waals surface area contributed by atoms with Crippen molar-refractivity contribution in [1.29, 1.82) is 0 Å². The number of esters is 1. The van der Waals surface area contributed by atoms with Crippen LogP contribution in [0.25, 0.3) is 0 Å². The van der Waals surface area contributed by atoms with Gasteiger partial charge in [-0.1, -0.05) is 0 Å². The van der Waals surface area contributed by atoms with E-state index in [1.165, 1.54) is 35.2 Å². The highest BCUT2D eigenvalue weighted by molar-refractivity contribution is 5.89. The molecule has 4 saturated heterocycles. The number of fused-ring (bicyclic) bond motifs is 2. The number of rotatable bonds is 15. The normalized spacial score (nSPS) is 31.6. The van der Waals surface area contributed by atoms with Crippen molar-refractivity contribution < 1.29 is 71.3 Å². The maximum atomic E-state index is 13.6. The number of hydrogen-bond acceptors (Lipinski definition) is 15. The molecule has 4 fully saturated rings. The Labute approximate surface area is 315 Å². The minimum Gasteiger partial charge on any atom is -0.469 e. The number of amides is 4. The van der Waals surface area contributed by atoms with Gasteiger partial charge in [-0.25, -0.2) is 4.79 Å². The highest BCUT2D eigenvalue weighted by Crippen LogP contribution is 2.41. The minimum absolute atomic E-state index is 0.0434. The van der Waals surface area contributed by atoms with Crippen molar-refractivity contribution in [3.05, 3.63) is 0 Å².